The molecule has 1 atom stereocenters. The van der Waals surface area contributed by atoms with Gasteiger partial charge in [-0.2, -0.15) is 0 Å². The maximum Gasteiger partial charge on any atom is 0.312 e. The Hall–Kier alpha value is -0.610. The van der Waals surface area contributed by atoms with E-state index in [-0.39, 0.29) is 6.10 Å². The van der Waals surface area contributed by atoms with Gasteiger partial charge >= 0.3 is 5.97 Å². The molecule has 1 heterocycles. The monoisotopic (exact) mass is 202 g/mol. The van der Waals surface area contributed by atoms with Gasteiger partial charge in [0.15, 0.2) is 0 Å². The topological polar surface area (TPSA) is 55.8 Å². The quantitative estimate of drug-likeness (QED) is 0.746. The molecule has 0 spiro atoms. The first-order valence-corrected chi connectivity index (χ1v) is 5.06. The number of carboxylic acids is 1. The molecule has 0 radical (unpaired) electrons. The van der Waals surface area contributed by atoms with Crippen LogP contribution in [0, 0.1) is 5.41 Å². The molecule has 4 heteroatoms. The molecule has 0 aliphatic carbocycles. The third-order valence-electron chi connectivity index (χ3n) is 3.01. The smallest absolute Gasteiger partial charge is 0.312 e. The van der Waals surface area contributed by atoms with E-state index < -0.39 is 11.4 Å². The molecule has 0 amide bonds. The van der Waals surface area contributed by atoms with Crippen molar-refractivity contribution in [3.05, 3.63) is 0 Å². The van der Waals surface area contributed by atoms with Gasteiger partial charge in [0.1, 0.15) is 0 Å². The molecule has 0 aromatic heterocycles. The van der Waals surface area contributed by atoms with Crippen molar-refractivity contribution in [2.24, 2.45) is 5.41 Å². The van der Waals surface area contributed by atoms with Crippen LogP contribution in [0.2, 0.25) is 0 Å². The molecule has 0 aromatic carbocycles. The van der Waals surface area contributed by atoms with Crippen molar-refractivity contribution >= 4 is 5.97 Å². The molecule has 0 bridgehead atoms. The van der Waals surface area contributed by atoms with Crippen molar-refractivity contribution in [3.63, 3.8) is 0 Å². The normalized spacial score (nSPS) is 23.0. The first kappa shape index (κ1) is 11.5. The highest BCUT2D eigenvalue weighted by atomic mass is 16.5. The lowest BCUT2D eigenvalue weighted by Crippen LogP contribution is -2.46. The lowest BCUT2D eigenvalue weighted by Gasteiger charge is -2.37. The zero-order valence-corrected chi connectivity index (χ0v) is 8.78. The average Bonchev–Trinajstić information content (AvgIpc) is 2.19. The fraction of sp³-hybridized carbons (Fsp3) is 0.900. The molecule has 14 heavy (non-hydrogen) atoms. The Morgan fingerprint density at radius 3 is 2.57 bits per heavy atom. The number of rotatable bonds is 4. The zero-order chi connectivity index (χ0) is 10.6. The molecule has 1 fully saturated rings. The molecule has 0 aromatic rings. The third kappa shape index (κ3) is 2.07. The predicted molar refractivity (Wildman–Crippen MR) is 51.2 cm³/mol. The second-order valence-electron chi connectivity index (χ2n) is 3.67. The van der Waals surface area contributed by atoms with E-state index in [2.05, 4.69) is 0 Å². The summed E-state index contributed by atoms with van der Waals surface area (Å²) >= 11 is 0. The number of hydrogen-bond donors (Lipinski definition) is 1. The fourth-order valence-corrected chi connectivity index (χ4v) is 1.94. The maximum absolute atomic E-state index is 11.3. The zero-order valence-electron chi connectivity index (χ0n) is 8.78. The van der Waals surface area contributed by atoms with Gasteiger partial charge in [-0.15, -0.1) is 0 Å². The molecular formula is C10H18O4. The number of aliphatic carboxylic acids is 1. The van der Waals surface area contributed by atoms with Crippen LogP contribution in [0.3, 0.4) is 0 Å². The first-order valence-electron chi connectivity index (χ1n) is 5.06. The van der Waals surface area contributed by atoms with Crippen molar-refractivity contribution in [1.82, 2.24) is 0 Å². The Balaban J connectivity index is 2.74. The van der Waals surface area contributed by atoms with Gasteiger partial charge in [-0.25, -0.2) is 0 Å². The van der Waals surface area contributed by atoms with Gasteiger partial charge < -0.3 is 14.6 Å². The molecule has 1 N–H and O–H groups in total. The van der Waals surface area contributed by atoms with E-state index in [0.29, 0.717) is 32.7 Å². The van der Waals surface area contributed by atoms with Gasteiger partial charge in [0.25, 0.3) is 0 Å². The van der Waals surface area contributed by atoms with Gasteiger partial charge in [0.2, 0.25) is 0 Å². The van der Waals surface area contributed by atoms with Crippen molar-refractivity contribution in [2.75, 3.05) is 19.8 Å². The van der Waals surface area contributed by atoms with Crippen molar-refractivity contribution in [1.29, 1.82) is 0 Å². The van der Waals surface area contributed by atoms with E-state index in [1.165, 1.54) is 0 Å². The van der Waals surface area contributed by atoms with Crippen LogP contribution in [0.1, 0.15) is 26.7 Å². The maximum atomic E-state index is 11.3. The highest BCUT2D eigenvalue weighted by Crippen LogP contribution is 2.36. The summed E-state index contributed by atoms with van der Waals surface area (Å²) in [5.41, 5.74) is -0.742. The van der Waals surface area contributed by atoms with Crippen LogP contribution in [0.5, 0.6) is 0 Å². The van der Waals surface area contributed by atoms with E-state index in [9.17, 15) is 9.90 Å². The summed E-state index contributed by atoms with van der Waals surface area (Å²) in [6.45, 7) is 5.30. The van der Waals surface area contributed by atoms with E-state index in [0.717, 1.165) is 0 Å². The minimum absolute atomic E-state index is 0.242. The lowest BCUT2D eigenvalue weighted by molar-refractivity contribution is -0.168. The number of carboxylic acid groups (broad SMARTS) is 1. The molecule has 82 valence electrons. The Labute approximate surface area is 84.2 Å². The van der Waals surface area contributed by atoms with Crippen molar-refractivity contribution in [2.45, 2.75) is 32.8 Å². The second-order valence-corrected chi connectivity index (χ2v) is 3.67. The third-order valence-corrected chi connectivity index (χ3v) is 3.01. The summed E-state index contributed by atoms with van der Waals surface area (Å²) in [4.78, 5) is 11.3. The standard InChI is InChI=1S/C10H18O4/c1-3-14-8(2)10(9(11)12)4-6-13-7-5-10/h8H,3-7H2,1-2H3,(H,11,12). The van der Waals surface area contributed by atoms with E-state index in [4.69, 9.17) is 9.47 Å². The minimum Gasteiger partial charge on any atom is -0.481 e. The second kappa shape index (κ2) is 4.75. The van der Waals surface area contributed by atoms with Crippen LogP contribution in [-0.4, -0.2) is 37.0 Å². The predicted octanol–water partition coefficient (Wildman–Crippen LogP) is 1.29. The van der Waals surface area contributed by atoms with E-state index >= 15 is 0 Å². The number of carbonyl (C=O) groups is 1. The van der Waals surface area contributed by atoms with Crippen LogP contribution in [-0.2, 0) is 14.3 Å². The van der Waals surface area contributed by atoms with Crippen molar-refractivity contribution < 1.29 is 19.4 Å². The Bertz CT molecular complexity index is 196. The van der Waals surface area contributed by atoms with Crippen LogP contribution in [0.15, 0.2) is 0 Å². The summed E-state index contributed by atoms with van der Waals surface area (Å²) in [7, 11) is 0. The SMILES string of the molecule is CCOC(C)C1(C(=O)O)CCOCC1. The van der Waals surface area contributed by atoms with Gasteiger partial charge in [-0.1, -0.05) is 0 Å². The summed E-state index contributed by atoms with van der Waals surface area (Å²) < 4.78 is 10.6. The van der Waals surface area contributed by atoms with Crippen LogP contribution >= 0.6 is 0 Å². The summed E-state index contributed by atoms with van der Waals surface area (Å²) in [5.74, 6) is -0.762. The molecule has 1 rings (SSSR count). The lowest BCUT2D eigenvalue weighted by atomic mass is 9.76. The highest BCUT2D eigenvalue weighted by molar-refractivity contribution is 5.75. The van der Waals surface area contributed by atoms with E-state index in [1.54, 1.807) is 0 Å². The minimum atomic E-state index is -0.762. The summed E-state index contributed by atoms with van der Waals surface area (Å²) in [6.07, 6.45) is 0.849. The number of ether oxygens (including phenoxy) is 2. The van der Waals surface area contributed by atoms with Crippen LogP contribution in [0.4, 0.5) is 0 Å². The molecule has 1 saturated heterocycles. The summed E-state index contributed by atoms with van der Waals surface area (Å²) in [6, 6.07) is 0. The van der Waals surface area contributed by atoms with Gasteiger partial charge in [0, 0.05) is 19.8 Å². The molecule has 1 unspecified atom stereocenters. The van der Waals surface area contributed by atoms with Gasteiger partial charge in [0.05, 0.1) is 11.5 Å². The van der Waals surface area contributed by atoms with Gasteiger partial charge in [-0.3, -0.25) is 4.79 Å². The first-order chi connectivity index (χ1) is 6.63. The van der Waals surface area contributed by atoms with Crippen LogP contribution in [0.25, 0.3) is 0 Å². The Morgan fingerprint density at radius 1 is 1.57 bits per heavy atom. The molecule has 1 aliphatic rings. The average molecular weight is 202 g/mol. The summed E-state index contributed by atoms with van der Waals surface area (Å²) in [5, 5.41) is 9.25. The van der Waals surface area contributed by atoms with Crippen LogP contribution < -0.4 is 0 Å². The molecule has 4 nitrogen and oxygen atoms in total. The highest BCUT2D eigenvalue weighted by Gasteiger charge is 2.45. The molecule has 0 saturated carbocycles. The van der Waals surface area contributed by atoms with Crippen molar-refractivity contribution in [3.8, 4) is 0 Å². The Morgan fingerprint density at radius 2 is 2.14 bits per heavy atom. The number of hydrogen-bond acceptors (Lipinski definition) is 3. The largest absolute Gasteiger partial charge is 0.481 e. The van der Waals surface area contributed by atoms with E-state index in [1.807, 2.05) is 13.8 Å². The molecule has 1 aliphatic heterocycles. The molecular weight excluding hydrogens is 184 g/mol. The van der Waals surface area contributed by atoms with Gasteiger partial charge in [-0.05, 0) is 26.7 Å². The fourth-order valence-electron chi connectivity index (χ4n) is 1.94. The Kier molecular flexibility index (Phi) is 3.89.